The molecule has 0 saturated heterocycles. The first-order valence-corrected chi connectivity index (χ1v) is 8.04. The van der Waals surface area contributed by atoms with Crippen molar-refractivity contribution in [3.63, 3.8) is 0 Å². The van der Waals surface area contributed by atoms with Gasteiger partial charge in [-0.15, -0.1) is 11.8 Å². The lowest BCUT2D eigenvalue weighted by Crippen LogP contribution is -2.13. The molecule has 0 saturated carbocycles. The number of rotatable bonds is 5. The van der Waals surface area contributed by atoms with Crippen LogP contribution >= 0.6 is 27.7 Å². The van der Waals surface area contributed by atoms with Crippen LogP contribution in [0, 0.1) is 6.92 Å². The van der Waals surface area contributed by atoms with Gasteiger partial charge >= 0.3 is 0 Å². The molecule has 0 aliphatic heterocycles. The lowest BCUT2D eigenvalue weighted by molar-refractivity contribution is 0.200. The van der Waals surface area contributed by atoms with Crippen molar-refractivity contribution in [2.45, 2.75) is 24.3 Å². The molecular formula is C16H17BrOS. The van der Waals surface area contributed by atoms with Gasteiger partial charge < -0.3 is 5.11 Å². The summed E-state index contributed by atoms with van der Waals surface area (Å²) in [6, 6.07) is 16.4. The number of aliphatic hydroxyl groups is 1. The van der Waals surface area contributed by atoms with Gasteiger partial charge in [0.05, 0.1) is 6.10 Å². The largest absolute Gasteiger partial charge is 0.392 e. The summed E-state index contributed by atoms with van der Waals surface area (Å²) in [5.41, 5.74) is 2.43. The van der Waals surface area contributed by atoms with Crippen molar-refractivity contribution >= 4 is 27.7 Å². The van der Waals surface area contributed by atoms with Gasteiger partial charge in [0, 0.05) is 15.1 Å². The first-order chi connectivity index (χ1) is 9.15. The molecule has 0 aliphatic rings. The number of aryl methyl sites for hydroxylation is 1. The molecule has 2 rings (SSSR count). The zero-order valence-corrected chi connectivity index (χ0v) is 13.2. The molecule has 1 nitrogen and oxygen atoms in total. The van der Waals surface area contributed by atoms with E-state index in [0.717, 1.165) is 15.8 Å². The first-order valence-electron chi connectivity index (χ1n) is 6.26. The fourth-order valence-corrected chi connectivity index (χ4v) is 3.31. The molecule has 19 heavy (non-hydrogen) atoms. The highest BCUT2D eigenvalue weighted by atomic mass is 79.9. The number of hydrogen-bond donors (Lipinski definition) is 1. The van der Waals surface area contributed by atoms with Crippen molar-refractivity contribution < 1.29 is 5.11 Å². The molecule has 0 amide bonds. The molecule has 0 bridgehead atoms. The normalized spacial score (nSPS) is 12.4. The maximum atomic E-state index is 10.1. The van der Waals surface area contributed by atoms with E-state index in [2.05, 4.69) is 41.1 Å². The molecule has 2 aromatic rings. The second-order valence-electron chi connectivity index (χ2n) is 4.56. The number of hydrogen-bond acceptors (Lipinski definition) is 2. The molecule has 2 aromatic carbocycles. The minimum Gasteiger partial charge on any atom is -0.392 e. The molecule has 0 radical (unpaired) electrons. The minimum absolute atomic E-state index is 0.320. The van der Waals surface area contributed by atoms with Crippen LogP contribution < -0.4 is 0 Å². The summed E-state index contributed by atoms with van der Waals surface area (Å²) in [6.45, 7) is 2.10. The molecule has 1 unspecified atom stereocenters. The molecule has 0 aromatic heterocycles. The Balaban J connectivity index is 1.88. The van der Waals surface area contributed by atoms with E-state index in [1.54, 1.807) is 11.8 Å². The summed E-state index contributed by atoms with van der Waals surface area (Å²) in [5, 5.41) is 10.1. The molecule has 0 fully saturated rings. The van der Waals surface area contributed by atoms with Gasteiger partial charge in [-0.3, -0.25) is 0 Å². The fourth-order valence-electron chi connectivity index (χ4n) is 1.90. The van der Waals surface area contributed by atoms with Crippen LogP contribution in [0.3, 0.4) is 0 Å². The zero-order chi connectivity index (χ0) is 13.7. The quantitative estimate of drug-likeness (QED) is 0.814. The molecule has 3 heteroatoms. The molecule has 0 spiro atoms. The summed E-state index contributed by atoms with van der Waals surface area (Å²) >= 11 is 5.17. The zero-order valence-electron chi connectivity index (χ0n) is 10.8. The van der Waals surface area contributed by atoms with Crippen molar-refractivity contribution in [2.75, 3.05) is 5.75 Å². The van der Waals surface area contributed by atoms with Gasteiger partial charge in [-0.2, -0.15) is 0 Å². The monoisotopic (exact) mass is 336 g/mol. The molecule has 0 aliphatic carbocycles. The summed E-state index contributed by atoms with van der Waals surface area (Å²) in [4.78, 5) is 1.25. The molecule has 1 atom stereocenters. The van der Waals surface area contributed by atoms with E-state index in [1.165, 1.54) is 10.5 Å². The molecular weight excluding hydrogens is 320 g/mol. The average Bonchev–Trinajstić information content (AvgIpc) is 2.38. The van der Waals surface area contributed by atoms with E-state index in [0.29, 0.717) is 6.42 Å². The van der Waals surface area contributed by atoms with Gasteiger partial charge in [-0.1, -0.05) is 46.3 Å². The van der Waals surface area contributed by atoms with Gasteiger partial charge in [0.1, 0.15) is 0 Å². The van der Waals surface area contributed by atoms with Crippen molar-refractivity contribution in [2.24, 2.45) is 0 Å². The Kier molecular flexibility index (Phi) is 5.49. The van der Waals surface area contributed by atoms with E-state index in [1.807, 2.05) is 30.3 Å². The predicted molar refractivity (Wildman–Crippen MR) is 85.8 cm³/mol. The third-order valence-corrected chi connectivity index (χ3v) is 4.70. The first kappa shape index (κ1) is 14.6. The van der Waals surface area contributed by atoms with E-state index >= 15 is 0 Å². The van der Waals surface area contributed by atoms with Gasteiger partial charge in [0.15, 0.2) is 0 Å². The van der Waals surface area contributed by atoms with E-state index in [-0.39, 0.29) is 6.10 Å². The van der Waals surface area contributed by atoms with Crippen LogP contribution in [0.25, 0.3) is 0 Å². The number of benzene rings is 2. The summed E-state index contributed by atoms with van der Waals surface area (Å²) in [6.07, 6.45) is 0.372. The second-order valence-corrected chi connectivity index (χ2v) is 6.54. The average molecular weight is 337 g/mol. The predicted octanol–water partition coefficient (Wildman–Crippen LogP) is 4.45. The Hall–Kier alpha value is -0.770. The summed E-state index contributed by atoms with van der Waals surface area (Å²) < 4.78 is 1.06. The van der Waals surface area contributed by atoms with Crippen molar-refractivity contribution in [3.8, 4) is 0 Å². The van der Waals surface area contributed by atoms with Crippen LogP contribution in [-0.4, -0.2) is 17.0 Å². The van der Waals surface area contributed by atoms with Gasteiger partial charge in [-0.05, 0) is 42.7 Å². The Bertz CT molecular complexity index is 542. The highest BCUT2D eigenvalue weighted by molar-refractivity contribution is 9.10. The fraction of sp³-hybridized carbons (Fsp3) is 0.250. The summed E-state index contributed by atoms with van der Waals surface area (Å²) in [5.74, 6) is 0.720. The number of halogens is 1. The lowest BCUT2D eigenvalue weighted by atomic mass is 10.1. The smallest absolute Gasteiger partial charge is 0.0674 e. The topological polar surface area (TPSA) is 20.2 Å². The van der Waals surface area contributed by atoms with Gasteiger partial charge in [0.2, 0.25) is 0 Å². The number of aliphatic hydroxyl groups excluding tert-OH is 1. The van der Waals surface area contributed by atoms with Crippen LogP contribution in [0.1, 0.15) is 11.1 Å². The van der Waals surface area contributed by atoms with Crippen LogP contribution in [0.15, 0.2) is 57.9 Å². The van der Waals surface area contributed by atoms with E-state index in [4.69, 9.17) is 0 Å². The maximum Gasteiger partial charge on any atom is 0.0674 e. The molecule has 0 heterocycles. The van der Waals surface area contributed by atoms with Crippen LogP contribution in [0.4, 0.5) is 0 Å². The standard InChI is InChI=1S/C16H17BrOS/c1-12-5-2-3-8-16(12)19-11-15(18)10-13-6-4-7-14(17)9-13/h2-9,15,18H,10-11H2,1H3. The van der Waals surface area contributed by atoms with Gasteiger partial charge in [0.25, 0.3) is 0 Å². The maximum absolute atomic E-state index is 10.1. The second kappa shape index (κ2) is 7.13. The highest BCUT2D eigenvalue weighted by Gasteiger charge is 2.07. The highest BCUT2D eigenvalue weighted by Crippen LogP contribution is 2.23. The third-order valence-electron chi connectivity index (χ3n) is 2.89. The van der Waals surface area contributed by atoms with Gasteiger partial charge in [-0.25, -0.2) is 0 Å². The van der Waals surface area contributed by atoms with Crippen molar-refractivity contribution in [3.05, 3.63) is 64.1 Å². The SMILES string of the molecule is Cc1ccccc1SCC(O)Cc1cccc(Br)c1. The summed E-state index contributed by atoms with van der Waals surface area (Å²) in [7, 11) is 0. The molecule has 1 N–H and O–H groups in total. The Morgan fingerprint density at radius 3 is 2.68 bits per heavy atom. The van der Waals surface area contributed by atoms with Crippen LogP contribution in [0.2, 0.25) is 0 Å². The van der Waals surface area contributed by atoms with E-state index < -0.39 is 0 Å². The van der Waals surface area contributed by atoms with Crippen LogP contribution in [-0.2, 0) is 6.42 Å². The van der Waals surface area contributed by atoms with Crippen molar-refractivity contribution in [1.82, 2.24) is 0 Å². The Labute approximate surface area is 127 Å². The number of thioether (sulfide) groups is 1. The minimum atomic E-state index is -0.320. The molecule has 100 valence electrons. The van der Waals surface area contributed by atoms with Crippen molar-refractivity contribution in [1.29, 1.82) is 0 Å². The van der Waals surface area contributed by atoms with Crippen LogP contribution in [0.5, 0.6) is 0 Å². The van der Waals surface area contributed by atoms with E-state index in [9.17, 15) is 5.11 Å². The third kappa shape index (κ3) is 4.68. The Morgan fingerprint density at radius 2 is 1.95 bits per heavy atom. The Morgan fingerprint density at radius 1 is 1.16 bits per heavy atom. The lowest BCUT2D eigenvalue weighted by Gasteiger charge is -2.11.